The van der Waals surface area contributed by atoms with Gasteiger partial charge in [-0.3, -0.25) is 9.59 Å². The monoisotopic (exact) mass is 429 g/mol. The van der Waals surface area contributed by atoms with E-state index in [-0.39, 0.29) is 40.7 Å². The summed E-state index contributed by atoms with van der Waals surface area (Å²) in [7, 11) is 0. The lowest BCUT2D eigenvalue weighted by Gasteiger charge is -2.40. The van der Waals surface area contributed by atoms with E-state index in [0.29, 0.717) is 24.3 Å². The van der Waals surface area contributed by atoms with Crippen molar-refractivity contribution in [2.75, 3.05) is 6.54 Å². The molecule has 1 aromatic heterocycles. The zero-order valence-corrected chi connectivity index (χ0v) is 18.9. The molecule has 2 aromatic rings. The highest BCUT2D eigenvalue weighted by Crippen LogP contribution is 2.27. The summed E-state index contributed by atoms with van der Waals surface area (Å²) in [5.41, 5.74) is 0.924. The molecule has 2 atom stereocenters. The summed E-state index contributed by atoms with van der Waals surface area (Å²) in [6.45, 7) is 11.0. The number of piperazine rings is 1. The number of nitrogens with zero attached hydrogens (tertiary/aromatic N) is 2. The van der Waals surface area contributed by atoms with Gasteiger partial charge in [0, 0.05) is 24.2 Å². The van der Waals surface area contributed by atoms with Crippen molar-refractivity contribution in [3.05, 3.63) is 41.8 Å². The number of hydrogen-bond acceptors (Lipinski definition) is 4. The van der Waals surface area contributed by atoms with Crippen LogP contribution in [-0.2, 0) is 4.79 Å². The minimum absolute atomic E-state index is 0.0949. The molecule has 7 heteroatoms. The zero-order valence-electron chi connectivity index (χ0n) is 18.9. The molecule has 1 aliphatic heterocycles. The van der Waals surface area contributed by atoms with E-state index >= 15 is 0 Å². The summed E-state index contributed by atoms with van der Waals surface area (Å²) in [4.78, 5) is 27.9. The molecular formula is C24H32FN3O3. The van der Waals surface area contributed by atoms with Gasteiger partial charge in [0.2, 0.25) is 5.91 Å². The van der Waals surface area contributed by atoms with Gasteiger partial charge in [0.05, 0.1) is 0 Å². The maximum Gasteiger partial charge on any atom is 0.276 e. The summed E-state index contributed by atoms with van der Waals surface area (Å²) < 4.78 is 18.5. The number of carbonyl (C=O) groups is 2. The van der Waals surface area contributed by atoms with Gasteiger partial charge in [-0.05, 0) is 54.9 Å². The van der Waals surface area contributed by atoms with E-state index in [2.05, 4.69) is 31.2 Å². The fourth-order valence-electron chi connectivity index (χ4n) is 3.80. The van der Waals surface area contributed by atoms with Crippen molar-refractivity contribution in [3.8, 4) is 11.3 Å². The van der Waals surface area contributed by atoms with E-state index in [1.165, 1.54) is 12.1 Å². The van der Waals surface area contributed by atoms with Crippen LogP contribution in [0, 0.1) is 17.2 Å². The Bertz CT molecular complexity index is 915. The Morgan fingerprint density at radius 1 is 1.29 bits per heavy atom. The Morgan fingerprint density at radius 2 is 1.97 bits per heavy atom. The van der Waals surface area contributed by atoms with Gasteiger partial charge < -0.3 is 14.7 Å². The highest BCUT2D eigenvalue weighted by molar-refractivity contribution is 5.97. The number of aromatic nitrogens is 1. The van der Waals surface area contributed by atoms with Gasteiger partial charge in [-0.15, -0.1) is 0 Å². The molecule has 0 spiro atoms. The Kier molecular flexibility index (Phi) is 6.82. The van der Waals surface area contributed by atoms with Crippen molar-refractivity contribution < 1.29 is 18.5 Å². The van der Waals surface area contributed by atoms with Gasteiger partial charge in [0.1, 0.15) is 11.9 Å². The lowest BCUT2D eigenvalue weighted by Crippen LogP contribution is -2.62. The molecule has 0 radical (unpaired) electrons. The second kappa shape index (κ2) is 9.20. The highest BCUT2D eigenvalue weighted by Gasteiger charge is 2.39. The number of halogens is 1. The normalized spacial score (nSPS) is 19.6. The van der Waals surface area contributed by atoms with E-state index in [1.807, 2.05) is 13.8 Å². The number of carbonyl (C=O) groups excluding carboxylic acids is 2. The molecule has 3 rings (SSSR count). The first-order chi connectivity index (χ1) is 14.5. The van der Waals surface area contributed by atoms with Crippen LogP contribution in [0.4, 0.5) is 4.39 Å². The molecule has 168 valence electrons. The average molecular weight is 430 g/mol. The first-order valence-corrected chi connectivity index (χ1v) is 10.9. The van der Waals surface area contributed by atoms with E-state index in [9.17, 15) is 14.0 Å². The van der Waals surface area contributed by atoms with Gasteiger partial charge >= 0.3 is 0 Å². The molecular weight excluding hydrogens is 397 g/mol. The van der Waals surface area contributed by atoms with Crippen LogP contribution in [0.2, 0.25) is 0 Å². The van der Waals surface area contributed by atoms with Gasteiger partial charge in [-0.1, -0.05) is 39.8 Å². The second-order valence-corrected chi connectivity index (χ2v) is 9.99. The van der Waals surface area contributed by atoms with Crippen LogP contribution in [0.15, 0.2) is 34.9 Å². The lowest BCUT2D eigenvalue weighted by molar-refractivity contribution is -0.130. The summed E-state index contributed by atoms with van der Waals surface area (Å²) in [6.07, 6.45) is 2.31. The van der Waals surface area contributed by atoms with E-state index in [0.717, 1.165) is 12.8 Å². The second-order valence-electron chi connectivity index (χ2n) is 9.99. The number of nitrogens with one attached hydrogen (secondary N) is 1. The van der Waals surface area contributed by atoms with E-state index in [4.69, 9.17) is 4.52 Å². The molecule has 0 aliphatic carbocycles. The van der Waals surface area contributed by atoms with Crippen molar-refractivity contribution in [2.45, 2.75) is 66.0 Å². The van der Waals surface area contributed by atoms with E-state index in [1.54, 1.807) is 23.1 Å². The number of hydrogen-bond donors (Lipinski definition) is 1. The van der Waals surface area contributed by atoms with Gasteiger partial charge in [0.15, 0.2) is 11.5 Å². The molecule has 1 saturated heterocycles. The van der Waals surface area contributed by atoms with Crippen LogP contribution < -0.4 is 5.32 Å². The molecule has 0 unspecified atom stereocenters. The van der Waals surface area contributed by atoms with Crippen molar-refractivity contribution >= 4 is 11.8 Å². The Labute approximate surface area is 183 Å². The van der Waals surface area contributed by atoms with Crippen LogP contribution in [-0.4, -0.2) is 40.5 Å². The van der Waals surface area contributed by atoms with Crippen molar-refractivity contribution in [1.29, 1.82) is 0 Å². The fourth-order valence-corrected chi connectivity index (χ4v) is 3.80. The average Bonchev–Trinajstić information content (AvgIpc) is 3.17. The first kappa shape index (κ1) is 23.0. The summed E-state index contributed by atoms with van der Waals surface area (Å²) in [5.74, 6) is -0.150. The van der Waals surface area contributed by atoms with Crippen LogP contribution in [0.5, 0.6) is 0 Å². The predicted molar refractivity (Wildman–Crippen MR) is 117 cm³/mol. The van der Waals surface area contributed by atoms with Gasteiger partial charge in [-0.2, -0.15) is 0 Å². The minimum atomic E-state index is -0.538. The predicted octanol–water partition coefficient (Wildman–Crippen LogP) is 4.66. The van der Waals surface area contributed by atoms with Crippen molar-refractivity contribution in [1.82, 2.24) is 15.4 Å². The van der Waals surface area contributed by atoms with Crippen molar-refractivity contribution in [3.63, 3.8) is 0 Å². The lowest BCUT2D eigenvalue weighted by atomic mass is 9.87. The van der Waals surface area contributed by atoms with E-state index < -0.39 is 6.04 Å². The van der Waals surface area contributed by atoms with Crippen molar-refractivity contribution in [2.24, 2.45) is 11.3 Å². The number of benzene rings is 1. The molecule has 2 amide bonds. The highest BCUT2D eigenvalue weighted by atomic mass is 19.1. The topological polar surface area (TPSA) is 75.4 Å². The number of rotatable bonds is 6. The summed E-state index contributed by atoms with van der Waals surface area (Å²) in [6, 6.07) is 6.72. The Hall–Kier alpha value is -2.70. The molecule has 0 saturated carbocycles. The Morgan fingerprint density at radius 3 is 2.58 bits per heavy atom. The third kappa shape index (κ3) is 5.93. The third-order valence-electron chi connectivity index (χ3n) is 5.50. The molecule has 1 aromatic carbocycles. The largest absolute Gasteiger partial charge is 0.355 e. The van der Waals surface area contributed by atoms with Crippen LogP contribution in [0.25, 0.3) is 11.3 Å². The maximum atomic E-state index is 13.3. The molecule has 2 heterocycles. The van der Waals surface area contributed by atoms with Crippen LogP contribution >= 0.6 is 0 Å². The first-order valence-electron chi connectivity index (χ1n) is 10.9. The molecule has 6 nitrogen and oxygen atoms in total. The SMILES string of the molecule is CC(C)C[C@H]1C(=O)N[C@@H](CCC(C)(C)C)CN1C(=O)c1cc(-c2ccc(F)cc2)on1. The standard InChI is InChI=1S/C24H32FN3O3/c1-15(2)12-20-22(29)26-18(10-11-24(3,4)5)14-28(20)23(30)19-13-21(31-27-19)16-6-8-17(25)9-7-16/h6-9,13,15,18,20H,10-12,14H2,1-5H3,(H,26,29)/t18-,20-/m0/s1. The third-order valence-corrected chi connectivity index (χ3v) is 5.50. The molecule has 1 N–H and O–H groups in total. The Balaban J connectivity index is 1.82. The van der Waals surface area contributed by atoms with Crippen LogP contribution in [0.1, 0.15) is 64.4 Å². The molecule has 1 aliphatic rings. The van der Waals surface area contributed by atoms with Gasteiger partial charge in [-0.25, -0.2) is 4.39 Å². The molecule has 31 heavy (non-hydrogen) atoms. The molecule has 1 fully saturated rings. The van der Waals surface area contributed by atoms with Crippen LogP contribution in [0.3, 0.4) is 0 Å². The smallest absolute Gasteiger partial charge is 0.276 e. The summed E-state index contributed by atoms with van der Waals surface area (Å²) in [5, 5.41) is 7.05. The quantitative estimate of drug-likeness (QED) is 0.725. The minimum Gasteiger partial charge on any atom is -0.355 e. The fraction of sp³-hybridized carbons (Fsp3) is 0.542. The molecule has 0 bridgehead atoms. The van der Waals surface area contributed by atoms with Gasteiger partial charge in [0.25, 0.3) is 5.91 Å². The summed E-state index contributed by atoms with van der Waals surface area (Å²) >= 11 is 0. The number of amides is 2. The maximum absolute atomic E-state index is 13.3. The zero-order chi connectivity index (χ0) is 22.8.